The fourth-order valence-electron chi connectivity index (χ4n) is 2.19. The van der Waals surface area contributed by atoms with Gasteiger partial charge in [0.15, 0.2) is 0 Å². The molecule has 112 valence electrons. The van der Waals surface area contributed by atoms with Crippen molar-refractivity contribution in [1.29, 1.82) is 0 Å². The van der Waals surface area contributed by atoms with E-state index in [1.807, 2.05) is 13.0 Å². The number of carboxylic acid groups (broad SMARTS) is 1. The minimum Gasteiger partial charge on any atom is -0.481 e. The molecule has 0 amide bonds. The van der Waals surface area contributed by atoms with E-state index in [2.05, 4.69) is 29.1 Å². The molecule has 0 bridgehead atoms. The Morgan fingerprint density at radius 3 is 2.70 bits per heavy atom. The molecule has 1 aromatic heterocycles. The molecular formula is C15H25N3O2. The molecule has 1 aromatic rings. The smallest absolute Gasteiger partial charge is 0.303 e. The first kappa shape index (κ1) is 16.4. The summed E-state index contributed by atoms with van der Waals surface area (Å²) in [6.45, 7) is 6.89. The van der Waals surface area contributed by atoms with E-state index >= 15 is 0 Å². The van der Waals surface area contributed by atoms with Crippen LogP contribution in [0.5, 0.6) is 0 Å². The third-order valence-electron chi connectivity index (χ3n) is 3.46. The highest BCUT2D eigenvalue weighted by molar-refractivity contribution is 5.66. The molecule has 0 radical (unpaired) electrons. The quantitative estimate of drug-likeness (QED) is 0.726. The van der Waals surface area contributed by atoms with Crippen molar-refractivity contribution in [3.05, 3.63) is 17.6 Å². The lowest BCUT2D eigenvalue weighted by molar-refractivity contribution is -0.137. The van der Waals surface area contributed by atoms with Crippen molar-refractivity contribution in [1.82, 2.24) is 9.97 Å². The third kappa shape index (κ3) is 5.99. The highest BCUT2D eigenvalue weighted by Crippen LogP contribution is 2.16. The SMILES string of the molecule is CCc1cc(NCCC(CC)CCC(=O)O)nc(C)n1. The Kier molecular flexibility index (Phi) is 6.98. The number of rotatable bonds is 9. The fourth-order valence-corrected chi connectivity index (χ4v) is 2.19. The van der Waals surface area contributed by atoms with E-state index in [4.69, 9.17) is 5.11 Å². The lowest BCUT2D eigenvalue weighted by atomic mass is 9.97. The van der Waals surface area contributed by atoms with E-state index in [-0.39, 0.29) is 6.42 Å². The van der Waals surface area contributed by atoms with Gasteiger partial charge in [0.1, 0.15) is 11.6 Å². The van der Waals surface area contributed by atoms with E-state index in [9.17, 15) is 4.79 Å². The van der Waals surface area contributed by atoms with Gasteiger partial charge >= 0.3 is 5.97 Å². The number of anilines is 1. The van der Waals surface area contributed by atoms with Gasteiger partial charge < -0.3 is 10.4 Å². The van der Waals surface area contributed by atoms with Crippen molar-refractivity contribution in [2.75, 3.05) is 11.9 Å². The van der Waals surface area contributed by atoms with E-state index in [0.717, 1.165) is 49.6 Å². The number of aliphatic carboxylic acids is 1. The first-order valence-corrected chi connectivity index (χ1v) is 7.35. The predicted molar refractivity (Wildman–Crippen MR) is 79.9 cm³/mol. The van der Waals surface area contributed by atoms with E-state index in [0.29, 0.717) is 5.92 Å². The van der Waals surface area contributed by atoms with E-state index in [1.165, 1.54) is 0 Å². The monoisotopic (exact) mass is 279 g/mol. The summed E-state index contributed by atoms with van der Waals surface area (Å²) in [6.07, 6.45) is 3.88. The number of nitrogens with one attached hydrogen (secondary N) is 1. The van der Waals surface area contributed by atoms with Crippen LogP contribution in [0.3, 0.4) is 0 Å². The van der Waals surface area contributed by atoms with Crippen LogP contribution in [0.4, 0.5) is 5.82 Å². The van der Waals surface area contributed by atoms with E-state index < -0.39 is 5.97 Å². The first-order valence-electron chi connectivity index (χ1n) is 7.35. The maximum Gasteiger partial charge on any atom is 0.303 e. The van der Waals surface area contributed by atoms with Crippen LogP contribution >= 0.6 is 0 Å². The molecule has 20 heavy (non-hydrogen) atoms. The molecule has 0 aliphatic heterocycles. The summed E-state index contributed by atoms with van der Waals surface area (Å²) in [5, 5.41) is 12.0. The molecule has 0 aromatic carbocycles. The van der Waals surface area contributed by atoms with Gasteiger partial charge in [0.25, 0.3) is 0 Å². The summed E-state index contributed by atoms with van der Waals surface area (Å²) in [5.41, 5.74) is 1.04. The molecule has 5 heteroatoms. The average Bonchev–Trinajstić information content (AvgIpc) is 2.41. The Bertz CT molecular complexity index is 435. The summed E-state index contributed by atoms with van der Waals surface area (Å²) < 4.78 is 0. The van der Waals surface area contributed by atoms with Crippen LogP contribution in [0.25, 0.3) is 0 Å². The van der Waals surface area contributed by atoms with Crippen LogP contribution in [0.15, 0.2) is 6.07 Å². The van der Waals surface area contributed by atoms with Gasteiger partial charge in [0.05, 0.1) is 0 Å². The maximum atomic E-state index is 10.6. The van der Waals surface area contributed by atoms with Gasteiger partial charge in [-0.25, -0.2) is 9.97 Å². The number of nitrogens with zero attached hydrogens (tertiary/aromatic N) is 2. The highest BCUT2D eigenvalue weighted by atomic mass is 16.4. The maximum absolute atomic E-state index is 10.6. The molecule has 1 heterocycles. The first-order chi connectivity index (χ1) is 9.55. The van der Waals surface area contributed by atoms with Crippen molar-refractivity contribution in [3.8, 4) is 0 Å². The third-order valence-corrected chi connectivity index (χ3v) is 3.46. The Balaban J connectivity index is 2.42. The lowest BCUT2D eigenvalue weighted by Crippen LogP contribution is -2.12. The second-order valence-electron chi connectivity index (χ2n) is 5.07. The Morgan fingerprint density at radius 2 is 2.10 bits per heavy atom. The van der Waals surface area contributed by atoms with Crippen molar-refractivity contribution in [2.24, 2.45) is 5.92 Å². The molecule has 0 aliphatic rings. The standard InChI is InChI=1S/C15H25N3O2/c1-4-12(6-7-15(19)20)8-9-16-14-10-13(5-2)17-11(3)18-14/h10,12H,4-9H2,1-3H3,(H,19,20)(H,16,17,18). The van der Waals surface area contributed by atoms with Gasteiger partial charge in [-0.05, 0) is 32.1 Å². The normalized spacial score (nSPS) is 12.2. The number of hydrogen-bond acceptors (Lipinski definition) is 4. The van der Waals surface area contributed by atoms with Crippen molar-refractivity contribution in [2.45, 2.75) is 52.9 Å². The van der Waals surface area contributed by atoms with Crippen LogP contribution in [0.2, 0.25) is 0 Å². The molecule has 0 saturated heterocycles. The van der Waals surface area contributed by atoms with Gasteiger partial charge in [-0.2, -0.15) is 0 Å². The van der Waals surface area contributed by atoms with Crippen molar-refractivity contribution in [3.63, 3.8) is 0 Å². The molecule has 5 nitrogen and oxygen atoms in total. The second kappa shape index (κ2) is 8.51. The fraction of sp³-hybridized carbons (Fsp3) is 0.667. The Hall–Kier alpha value is -1.65. The van der Waals surface area contributed by atoms with Gasteiger partial charge in [0.2, 0.25) is 0 Å². The van der Waals surface area contributed by atoms with E-state index in [1.54, 1.807) is 0 Å². The zero-order valence-corrected chi connectivity index (χ0v) is 12.6. The van der Waals surface area contributed by atoms with Crippen LogP contribution in [-0.4, -0.2) is 27.6 Å². The zero-order chi connectivity index (χ0) is 15.0. The van der Waals surface area contributed by atoms with Gasteiger partial charge in [0, 0.05) is 24.7 Å². The molecular weight excluding hydrogens is 254 g/mol. The molecule has 1 unspecified atom stereocenters. The van der Waals surface area contributed by atoms with Crippen LogP contribution in [0, 0.1) is 12.8 Å². The van der Waals surface area contributed by atoms with Crippen molar-refractivity contribution < 1.29 is 9.90 Å². The van der Waals surface area contributed by atoms with Gasteiger partial charge in [-0.1, -0.05) is 20.3 Å². The Morgan fingerprint density at radius 1 is 1.35 bits per heavy atom. The molecule has 0 spiro atoms. The summed E-state index contributed by atoms with van der Waals surface area (Å²) in [4.78, 5) is 19.3. The molecule has 0 saturated carbocycles. The molecule has 1 rings (SSSR count). The molecule has 2 N–H and O–H groups in total. The molecule has 0 fully saturated rings. The minimum atomic E-state index is -0.713. The zero-order valence-electron chi connectivity index (χ0n) is 12.6. The largest absolute Gasteiger partial charge is 0.481 e. The van der Waals surface area contributed by atoms with Crippen molar-refractivity contribution >= 4 is 11.8 Å². The lowest BCUT2D eigenvalue weighted by Gasteiger charge is -2.14. The topological polar surface area (TPSA) is 75.1 Å². The minimum absolute atomic E-state index is 0.255. The van der Waals surface area contributed by atoms with Crippen LogP contribution in [0.1, 0.15) is 51.0 Å². The summed E-state index contributed by atoms with van der Waals surface area (Å²) in [5.74, 6) is 1.38. The summed E-state index contributed by atoms with van der Waals surface area (Å²) in [6, 6.07) is 1.98. The summed E-state index contributed by atoms with van der Waals surface area (Å²) in [7, 11) is 0. The summed E-state index contributed by atoms with van der Waals surface area (Å²) >= 11 is 0. The number of hydrogen-bond donors (Lipinski definition) is 2. The number of carboxylic acids is 1. The second-order valence-corrected chi connectivity index (χ2v) is 5.07. The van der Waals surface area contributed by atoms with Gasteiger partial charge in [-0.3, -0.25) is 4.79 Å². The number of carbonyl (C=O) groups is 1. The number of aromatic nitrogens is 2. The van der Waals surface area contributed by atoms with Crippen LogP contribution < -0.4 is 5.32 Å². The van der Waals surface area contributed by atoms with Crippen LogP contribution in [-0.2, 0) is 11.2 Å². The molecule has 0 aliphatic carbocycles. The highest BCUT2D eigenvalue weighted by Gasteiger charge is 2.09. The predicted octanol–water partition coefficient (Wildman–Crippen LogP) is 3.04. The Labute approximate surface area is 120 Å². The average molecular weight is 279 g/mol. The number of aryl methyl sites for hydroxylation is 2. The molecule has 1 atom stereocenters. The van der Waals surface area contributed by atoms with Gasteiger partial charge in [-0.15, -0.1) is 0 Å².